The van der Waals surface area contributed by atoms with E-state index >= 15 is 0 Å². The molecule has 0 heterocycles. The minimum Gasteiger partial charge on any atom is -0.316 e. The molecule has 0 amide bonds. The van der Waals surface area contributed by atoms with Gasteiger partial charge in [0.05, 0.1) is 0 Å². The summed E-state index contributed by atoms with van der Waals surface area (Å²) in [5.41, 5.74) is 0. The Morgan fingerprint density at radius 2 is 2.08 bits per heavy atom. The quantitative estimate of drug-likeness (QED) is 0.463. The Morgan fingerprint density at radius 3 is 2.75 bits per heavy atom. The lowest BCUT2D eigenvalue weighted by molar-refractivity contribution is 0.768. The van der Waals surface area contributed by atoms with E-state index in [0.717, 1.165) is 13.1 Å². The first kappa shape index (κ1) is 12.0. The third-order valence-electron chi connectivity index (χ3n) is 1.51. The summed E-state index contributed by atoms with van der Waals surface area (Å²) < 4.78 is 0. The molecule has 0 aliphatic carbocycles. The second kappa shape index (κ2) is 11.1. The van der Waals surface area contributed by atoms with E-state index in [4.69, 9.17) is 0 Å². The van der Waals surface area contributed by atoms with E-state index in [1.807, 2.05) is 11.8 Å². The summed E-state index contributed by atoms with van der Waals surface area (Å²) in [7, 11) is 0. The summed E-state index contributed by atoms with van der Waals surface area (Å²) in [5.74, 6) is 2.40. The molecule has 0 spiro atoms. The van der Waals surface area contributed by atoms with Gasteiger partial charge >= 0.3 is 0 Å². The zero-order valence-electron chi connectivity index (χ0n) is 8.31. The average Bonchev–Trinajstić information content (AvgIpc) is 2.10. The van der Waals surface area contributed by atoms with Gasteiger partial charge in [0.25, 0.3) is 0 Å². The molecular weight excluding hydrogens is 166 g/mol. The van der Waals surface area contributed by atoms with E-state index < -0.39 is 0 Å². The van der Waals surface area contributed by atoms with Crippen molar-refractivity contribution in [3.05, 3.63) is 12.2 Å². The molecule has 0 atom stereocenters. The van der Waals surface area contributed by atoms with Gasteiger partial charge in [-0.15, -0.1) is 0 Å². The van der Waals surface area contributed by atoms with Crippen LogP contribution in [0.1, 0.15) is 26.7 Å². The Balaban J connectivity index is 2.90. The predicted octanol–water partition coefficient (Wildman–Crippen LogP) is 2.69. The van der Waals surface area contributed by atoms with Crippen molar-refractivity contribution >= 4 is 11.8 Å². The molecule has 0 unspecified atom stereocenters. The fraction of sp³-hybridized carbons (Fsp3) is 0.800. The SMILES string of the molecule is CCCC=CCSCCNCC. The molecule has 0 rings (SSSR count). The summed E-state index contributed by atoms with van der Waals surface area (Å²) in [4.78, 5) is 0. The molecule has 0 aromatic heterocycles. The first-order valence-corrected chi connectivity index (χ1v) is 6.00. The maximum absolute atomic E-state index is 3.31. The number of thioether (sulfide) groups is 1. The third-order valence-corrected chi connectivity index (χ3v) is 2.43. The van der Waals surface area contributed by atoms with Crippen LogP contribution in [0.4, 0.5) is 0 Å². The highest BCUT2D eigenvalue weighted by molar-refractivity contribution is 7.99. The topological polar surface area (TPSA) is 12.0 Å². The molecule has 0 aromatic carbocycles. The van der Waals surface area contributed by atoms with E-state index in [1.54, 1.807) is 0 Å². The highest BCUT2D eigenvalue weighted by Gasteiger charge is 1.84. The van der Waals surface area contributed by atoms with Gasteiger partial charge in [0.2, 0.25) is 0 Å². The first-order valence-electron chi connectivity index (χ1n) is 4.85. The van der Waals surface area contributed by atoms with Crippen molar-refractivity contribution in [2.24, 2.45) is 0 Å². The normalized spacial score (nSPS) is 11.2. The Bertz CT molecular complexity index is 102. The van der Waals surface area contributed by atoms with E-state index in [-0.39, 0.29) is 0 Å². The van der Waals surface area contributed by atoms with Crippen molar-refractivity contribution in [3.63, 3.8) is 0 Å². The lowest BCUT2D eigenvalue weighted by atomic mass is 10.3. The van der Waals surface area contributed by atoms with Crippen LogP contribution in [0, 0.1) is 0 Å². The van der Waals surface area contributed by atoms with Crippen LogP contribution in [-0.4, -0.2) is 24.6 Å². The van der Waals surface area contributed by atoms with Crippen molar-refractivity contribution in [2.75, 3.05) is 24.6 Å². The van der Waals surface area contributed by atoms with Crippen molar-refractivity contribution in [3.8, 4) is 0 Å². The second-order valence-corrected chi connectivity index (χ2v) is 3.84. The molecule has 0 aromatic rings. The molecule has 0 aliphatic heterocycles. The first-order chi connectivity index (χ1) is 5.91. The highest BCUT2D eigenvalue weighted by atomic mass is 32.2. The summed E-state index contributed by atoms with van der Waals surface area (Å²) in [6.07, 6.45) is 7.05. The van der Waals surface area contributed by atoms with Crippen LogP contribution in [0.25, 0.3) is 0 Å². The van der Waals surface area contributed by atoms with Gasteiger partial charge in [-0.1, -0.05) is 32.4 Å². The molecule has 0 saturated heterocycles. The smallest absolute Gasteiger partial charge is 0.0113 e. The Morgan fingerprint density at radius 1 is 1.25 bits per heavy atom. The van der Waals surface area contributed by atoms with Gasteiger partial charge < -0.3 is 5.32 Å². The average molecular weight is 187 g/mol. The van der Waals surface area contributed by atoms with Crippen LogP contribution < -0.4 is 5.32 Å². The summed E-state index contributed by atoms with van der Waals surface area (Å²) in [6, 6.07) is 0. The number of hydrogen-bond donors (Lipinski definition) is 1. The fourth-order valence-electron chi connectivity index (χ4n) is 0.825. The van der Waals surface area contributed by atoms with E-state index in [1.165, 1.54) is 24.3 Å². The number of hydrogen-bond acceptors (Lipinski definition) is 2. The highest BCUT2D eigenvalue weighted by Crippen LogP contribution is 1.99. The van der Waals surface area contributed by atoms with Crippen molar-refractivity contribution in [2.45, 2.75) is 26.7 Å². The van der Waals surface area contributed by atoms with Crippen LogP contribution in [0.5, 0.6) is 0 Å². The molecule has 2 heteroatoms. The van der Waals surface area contributed by atoms with Crippen LogP contribution >= 0.6 is 11.8 Å². The summed E-state index contributed by atoms with van der Waals surface area (Å²) >= 11 is 1.99. The van der Waals surface area contributed by atoms with Gasteiger partial charge in [-0.2, -0.15) is 11.8 Å². The number of unbranched alkanes of at least 4 members (excludes halogenated alkanes) is 1. The maximum atomic E-state index is 3.31. The third kappa shape index (κ3) is 10.0. The Kier molecular flexibility index (Phi) is 11.1. The zero-order valence-corrected chi connectivity index (χ0v) is 9.12. The van der Waals surface area contributed by atoms with Crippen LogP contribution in [-0.2, 0) is 0 Å². The van der Waals surface area contributed by atoms with Gasteiger partial charge in [-0.25, -0.2) is 0 Å². The Labute approximate surface area is 81.0 Å². The minimum absolute atomic E-state index is 1.09. The van der Waals surface area contributed by atoms with Crippen LogP contribution in [0.15, 0.2) is 12.2 Å². The van der Waals surface area contributed by atoms with Gasteiger partial charge in [0, 0.05) is 18.1 Å². The molecule has 0 fully saturated rings. The van der Waals surface area contributed by atoms with Crippen molar-refractivity contribution in [1.29, 1.82) is 0 Å². The lowest BCUT2D eigenvalue weighted by Gasteiger charge is -1.98. The molecule has 0 radical (unpaired) electrons. The standard InChI is InChI=1S/C10H21NS/c1-3-5-6-7-9-12-10-8-11-4-2/h6-7,11H,3-5,8-10H2,1-2H3. The molecule has 1 N–H and O–H groups in total. The van der Waals surface area contributed by atoms with E-state index in [0.29, 0.717) is 0 Å². The second-order valence-electron chi connectivity index (χ2n) is 2.69. The molecule has 0 bridgehead atoms. The summed E-state index contributed by atoms with van der Waals surface area (Å²) in [5, 5.41) is 3.31. The van der Waals surface area contributed by atoms with E-state index in [9.17, 15) is 0 Å². The van der Waals surface area contributed by atoms with Crippen LogP contribution in [0.3, 0.4) is 0 Å². The molecule has 0 aliphatic rings. The maximum Gasteiger partial charge on any atom is 0.0113 e. The molecule has 72 valence electrons. The van der Waals surface area contributed by atoms with Crippen molar-refractivity contribution < 1.29 is 0 Å². The molecule has 0 saturated carbocycles. The number of nitrogens with one attached hydrogen (secondary N) is 1. The molecule has 12 heavy (non-hydrogen) atoms. The number of allylic oxidation sites excluding steroid dienone is 1. The van der Waals surface area contributed by atoms with Gasteiger partial charge in [-0.05, 0) is 13.0 Å². The molecule has 1 nitrogen and oxygen atoms in total. The zero-order chi connectivity index (χ0) is 9.07. The monoisotopic (exact) mass is 187 g/mol. The molecular formula is C10H21NS. The largest absolute Gasteiger partial charge is 0.316 e. The minimum atomic E-state index is 1.09. The van der Waals surface area contributed by atoms with Gasteiger partial charge in [0.15, 0.2) is 0 Å². The number of rotatable bonds is 8. The van der Waals surface area contributed by atoms with E-state index in [2.05, 4.69) is 31.3 Å². The van der Waals surface area contributed by atoms with Crippen LogP contribution in [0.2, 0.25) is 0 Å². The predicted molar refractivity (Wildman–Crippen MR) is 59.9 cm³/mol. The fourth-order valence-corrected chi connectivity index (χ4v) is 1.55. The van der Waals surface area contributed by atoms with Crippen molar-refractivity contribution in [1.82, 2.24) is 5.32 Å². The van der Waals surface area contributed by atoms with Gasteiger partial charge in [0.1, 0.15) is 0 Å². The lowest BCUT2D eigenvalue weighted by Crippen LogP contribution is -2.15. The Hall–Kier alpha value is 0.0500. The van der Waals surface area contributed by atoms with Gasteiger partial charge in [-0.3, -0.25) is 0 Å². The summed E-state index contributed by atoms with van der Waals surface area (Å²) in [6.45, 7) is 6.59.